The molecule has 0 aliphatic rings. The fraction of sp³-hybridized carbons (Fsp3) is 0.667. The van der Waals surface area contributed by atoms with Crippen LogP contribution in [0.15, 0.2) is 12.1 Å². The average Bonchev–Trinajstić information content (AvgIpc) is 2.47. The minimum absolute atomic E-state index is 0.389. The Balaban J connectivity index is 2.94. The molecule has 114 valence electrons. The van der Waals surface area contributed by atoms with Crippen molar-refractivity contribution in [1.82, 2.24) is 4.98 Å². The number of pyridine rings is 1. The molecule has 1 aromatic heterocycles. The number of hydrogen-bond acceptors (Lipinski definition) is 5. The molecule has 5 heteroatoms. The van der Waals surface area contributed by atoms with Gasteiger partial charge in [0.2, 0.25) is 5.88 Å². The minimum atomic E-state index is 0.389. The quantitative estimate of drug-likeness (QED) is 0.754. The van der Waals surface area contributed by atoms with Gasteiger partial charge >= 0.3 is 0 Å². The molecule has 0 aliphatic heterocycles. The molecule has 0 bridgehead atoms. The summed E-state index contributed by atoms with van der Waals surface area (Å²) in [5.74, 6) is 1.41. The molecule has 0 aliphatic carbocycles. The second-order valence-corrected chi connectivity index (χ2v) is 4.86. The zero-order chi connectivity index (χ0) is 15.0. The van der Waals surface area contributed by atoms with Crippen LogP contribution >= 0.6 is 0 Å². The molecular weight excluding hydrogens is 254 g/mol. The van der Waals surface area contributed by atoms with Crippen molar-refractivity contribution in [1.29, 1.82) is 0 Å². The van der Waals surface area contributed by atoms with Crippen molar-refractivity contribution >= 4 is 11.5 Å². The predicted octanol–water partition coefficient (Wildman–Crippen LogP) is 2.70. The van der Waals surface area contributed by atoms with Gasteiger partial charge in [0.1, 0.15) is 5.82 Å². The van der Waals surface area contributed by atoms with E-state index in [1.54, 1.807) is 7.11 Å². The molecule has 5 nitrogen and oxygen atoms in total. The van der Waals surface area contributed by atoms with Crippen LogP contribution in [-0.2, 0) is 4.74 Å². The third-order valence-corrected chi connectivity index (χ3v) is 3.27. The van der Waals surface area contributed by atoms with E-state index in [-0.39, 0.29) is 0 Å². The summed E-state index contributed by atoms with van der Waals surface area (Å²) in [5.41, 5.74) is 6.49. The van der Waals surface area contributed by atoms with Gasteiger partial charge in [0.05, 0.1) is 18.9 Å². The first-order chi connectivity index (χ1) is 9.63. The highest BCUT2D eigenvalue weighted by atomic mass is 16.5. The highest BCUT2D eigenvalue weighted by Crippen LogP contribution is 2.25. The number of aromatic nitrogens is 1. The van der Waals surface area contributed by atoms with Crippen molar-refractivity contribution in [2.75, 3.05) is 37.5 Å². The summed E-state index contributed by atoms with van der Waals surface area (Å²) < 4.78 is 10.8. The third-order valence-electron chi connectivity index (χ3n) is 3.27. The van der Waals surface area contributed by atoms with Gasteiger partial charge in [-0.15, -0.1) is 0 Å². The lowest BCUT2D eigenvalue weighted by Gasteiger charge is -2.29. The molecule has 0 aromatic carbocycles. The van der Waals surface area contributed by atoms with Crippen molar-refractivity contribution in [3.05, 3.63) is 12.1 Å². The smallest absolute Gasteiger partial charge is 0.239 e. The van der Waals surface area contributed by atoms with Gasteiger partial charge in [0.25, 0.3) is 0 Å². The summed E-state index contributed by atoms with van der Waals surface area (Å²) in [5, 5.41) is 0. The fourth-order valence-corrected chi connectivity index (χ4v) is 1.89. The Kier molecular flexibility index (Phi) is 7.15. The van der Waals surface area contributed by atoms with E-state index in [1.165, 1.54) is 0 Å². The topological polar surface area (TPSA) is 60.6 Å². The number of methoxy groups -OCH3 is 1. The van der Waals surface area contributed by atoms with Crippen molar-refractivity contribution in [2.24, 2.45) is 0 Å². The van der Waals surface area contributed by atoms with Gasteiger partial charge in [-0.05, 0) is 31.9 Å². The van der Waals surface area contributed by atoms with Crippen LogP contribution in [0.3, 0.4) is 0 Å². The van der Waals surface area contributed by atoms with Crippen LogP contribution in [-0.4, -0.2) is 37.9 Å². The Morgan fingerprint density at radius 1 is 1.30 bits per heavy atom. The van der Waals surface area contributed by atoms with Crippen molar-refractivity contribution < 1.29 is 9.47 Å². The molecule has 1 unspecified atom stereocenters. The molecule has 0 spiro atoms. The second kappa shape index (κ2) is 8.64. The van der Waals surface area contributed by atoms with E-state index in [1.807, 2.05) is 12.1 Å². The number of nitrogen functional groups attached to an aromatic ring is 1. The fourth-order valence-electron chi connectivity index (χ4n) is 1.89. The number of ether oxygens (including phenoxy) is 2. The van der Waals surface area contributed by atoms with Crippen LogP contribution in [0.25, 0.3) is 0 Å². The monoisotopic (exact) mass is 281 g/mol. The molecule has 1 atom stereocenters. The first-order valence-electron chi connectivity index (χ1n) is 7.28. The summed E-state index contributed by atoms with van der Waals surface area (Å²) >= 11 is 0. The highest BCUT2D eigenvalue weighted by Gasteiger charge is 2.16. The van der Waals surface area contributed by atoms with E-state index in [4.69, 9.17) is 15.2 Å². The summed E-state index contributed by atoms with van der Waals surface area (Å²) in [6.07, 6.45) is 1.98. The predicted molar refractivity (Wildman–Crippen MR) is 83.4 cm³/mol. The van der Waals surface area contributed by atoms with E-state index in [2.05, 4.69) is 30.7 Å². The van der Waals surface area contributed by atoms with Gasteiger partial charge in [-0.2, -0.15) is 4.98 Å². The van der Waals surface area contributed by atoms with Gasteiger partial charge in [-0.25, -0.2) is 0 Å². The molecule has 20 heavy (non-hydrogen) atoms. The van der Waals surface area contributed by atoms with Crippen LogP contribution in [0.1, 0.15) is 33.6 Å². The van der Waals surface area contributed by atoms with E-state index in [9.17, 15) is 0 Å². The van der Waals surface area contributed by atoms with E-state index >= 15 is 0 Å². The standard InChI is InChI=1S/C15H27N3O2/c1-5-10-20-15-13(16)7-8-14(17-15)18(9-11-19-4)12(3)6-2/h7-8,12H,5-6,9-11,16H2,1-4H3. The van der Waals surface area contributed by atoms with Crippen LogP contribution in [0.4, 0.5) is 11.5 Å². The number of anilines is 2. The Labute approximate surface area is 122 Å². The van der Waals surface area contributed by atoms with Crippen molar-refractivity contribution in [3.8, 4) is 5.88 Å². The second-order valence-electron chi connectivity index (χ2n) is 4.86. The average molecular weight is 281 g/mol. The van der Waals surface area contributed by atoms with Gasteiger partial charge in [0, 0.05) is 19.7 Å². The summed E-state index contributed by atoms with van der Waals surface area (Å²) in [6.45, 7) is 8.50. The summed E-state index contributed by atoms with van der Waals surface area (Å²) in [7, 11) is 1.71. The lowest BCUT2D eigenvalue weighted by Crippen LogP contribution is -2.36. The third kappa shape index (κ3) is 4.56. The Morgan fingerprint density at radius 3 is 2.65 bits per heavy atom. The normalized spacial score (nSPS) is 12.2. The van der Waals surface area contributed by atoms with Crippen LogP contribution in [0, 0.1) is 0 Å². The molecule has 1 heterocycles. The van der Waals surface area contributed by atoms with Crippen molar-refractivity contribution in [3.63, 3.8) is 0 Å². The maximum Gasteiger partial charge on any atom is 0.239 e. The number of nitrogens with zero attached hydrogens (tertiary/aromatic N) is 2. The summed E-state index contributed by atoms with van der Waals surface area (Å²) in [6, 6.07) is 4.19. The molecule has 0 amide bonds. The molecule has 0 fully saturated rings. The van der Waals surface area contributed by atoms with Crippen LogP contribution in [0.5, 0.6) is 5.88 Å². The Morgan fingerprint density at radius 2 is 2.05 bits per heavy atom. The highest BCUT2D eigenvalue weighted by molar-refractivity contribution is 5.54. The Bertz CT molecular complexity index is 399. The van der Waals surface area contributed by atoms with Gasteiger partial charge in [0.15, 0.2) is 0 Å². The maximum absolute atomic E-state index is 5.91. The zero-order valence-corrected chi connectivity index (χ0v) is 13.1. The minimum Gasteiger partial charge on any atom is -0.476 e. The largest absolute Gasteiger partial charge is 0.476 e. The SMILES string of the molecule is CCCOc1nc(N(CCOC)C(C)CC)ccc1N. The van der Waals surface area contributed by atoms with Crippen LogP contribution in [0.2, 0.25) is 0 Å². The molecule has 0 saturated heterocycles. The molecule has 1 rings (SSSR count). The number of rotatable bonds is 9. The Hall–Kier alpha value is -1.49. The maximum atomic E-state index is 5.91. The van der Waals surface area contributed by atoms with E-state index in [0.717, 1.165) is 25.2 Å². The van der Waals surface area contributed by atoms with E-state index in [0.29, 0.717) is 30.8 Å². The molecular formula is C15H27N3O2. The summed E-state index contributed by atoms with van der Waals surface area (Å²) in [4.78, 5) is 6.78. The number of nitrogens with two attached hydrogens (primary N) is 1. The van der Waals surface area contributed by atoms with E-state index < -0.39 is 0 Å². The molecule has 0 saturated carbocycles. The number of hydrogen-bond donors (Lipinski definition) is 1. The van der Waals surface area contributed by atoms with Crippen molar-refractivity contribution in [2.45, 2.75) is 39.7 Å². The molecule has 2 N–H and O–H groups in total. The molecule has 1 aromatic rings. The lowest BCUT2D eigenvalue weighted by atomic mass is 10.2. The first-order valence-corrected chi connectivity index (χ1v) is 7.28. The van der Waals surface area contributed by atoms with Crippen LogP contribution < -0.4 is 15.4 Å². The lowest BCUT2D eigenvalue weighted by molar-refractivity contribution is 0.203. The van der Waals surface area contributed by atoms with Gasteiger partial charge in [-0.3, -0.25) is 0 Å². The van der Waals surface area contributed by atoms with Gasteiger partial charge in [-0.1, -0.05) is 13.8 Å². The first kappa shape index (κ1) is 16.6. The van der Waals surface area contributed by atoms with Gasteiger partial charge < -0.3 is 20.1 Å². The zero-order valence-electron chi connectivity index (χ0n) is 13.1. The molecule has 0 radical (unpaired) electrons.